The van der Waals surface area contributed by atoms with Crippen molar-refractivity contribution in [1.29, 1.82) is 0 Å². The SMILES string of the molecule is NC1=Nc2cc(CN3CCC[C@H]3CO)ccc2Cc2ccsc21. The fraction of sp³-hybridized carbons (Fsp3) is 0.389. The summed E-state index contributed by atoms with van der Waals surface area (Å²) in [5.74, 6) is 0.625. The van der Waals surface area contributed by atoms with Crippen LogP contribution in [0.4, 0.5) is 5.69 Å². The summed E-state index contributed by atoms with van der Waals surface area (Å²) < 4.78 is 0. The number of aliphatic hydroxyl groups is 1. The Hall–Kier alpha value is -1.69. The molecule has 1 fully saturated rings. The van der Waals surface area contributed by atoms with E-state index in [1.807, 2.05) is 0 Å². The Morgan fingerprint density at radius 1 is 1.30 bits per heavy atom. The molecule has 0 radical (unpaired) electrons. The molecule has 3 N–H and O–H groups in total. The van der Waals surface area contributed by atoms with Crippen LogP contribution < -0.4 is 5.73 Å². The number of benzene rings is 1. The van der Waals surface area contributed by atoms with Crippen molar-refractivity contribution in [3.8, 4) is 0 Å². The first-order chi connectivity index (χ1) is 11.2. The Morgan fingerprint density at radius 2 is 2.22 bits per heavy atom. The molecule has 0 saturated carbocycles. The molecule has 1 aromatic carbocycles. The first kappa shape index (κ1) is 14.9. The van der Waals surface area contributed by atoms with Crippen LogP contribution in [0.1, 0.15) is 34.4 Å². The number of fused-ring (bicyclic) bond motifs is 2. The Morgan fingerprint density at radius 3 is 3.09 bits per heavy atom. The monoisotopic (exact) mass is 327 g/mol. The van der Waals surface area contributed by atoms with Crippen LogP contribution in [0.5, 0.6) is 0 Å². The molecule has 0 aliphatic carbocycles. The predicted octanol–water partition coefficient (Wildman–Crippen LogP) is 2.65. The number of aliphatic hydroxyl groups excluding tert-OH is 1. The van der Waals surface area contributed by atoms with E-state index in [2.05, 4.69) is 39.5 Å². The summed E-state index contributed by atoms with van der Waals surface area (Å²) in [6, 6.07) is 8.97. The summed E-state index contributed by atoms with van der Waals surface area (Å²) in [6.07, 6.45) is 3.15. The van der Waals surface area contributed by atoms with Crippen LogP contribution in [0.15, 0.2) is 34.6 Å². The zero-order valence-corrected chi connectivity index (χ0v) is 13.9. The van der Waals surface area contributed by atoms with Gasteiger partial charge in [0.1, 0.15) is 5.84 Å². The number of thiophene rings is 1. The first-order valence-electron chi connectivity index (χ1n) is 8.12. The fourth-order valence-electron chi connectivity index (χ4n) is 3.59. The Balaban J connectivity index is 1.62. The molecule has 120 valence electrons. The molecule has 4 nitrogen and oxygen atoms in total. The lowest BCUT2D eigenvalue weighted by Gasteiger charge is -2.23. The number of amidine groups is 1. The topological polar surface area (TPSA) is 61.8 Å². The third kappa shape index (κ3) is 2.80. The second kappa shape index (κ2) is 6.07. The van der Waals surface area contributed by atoms with Crippen molar-refractivity contribution in [3.63, 3.8) is 0 Å². The van der Waals surface area contributed by atoms with Crippen LogP contribution in [0.2, 0.25) is 0 Å². The molecule has 0 unspecified atom stereocenters. The number of hydrogen-bond donors (Lipinski definition) is 2. The fourth-order valence-corrected chi connectivity index (χ4v) is 4.42. The molecule has 0 bridgehead atoms. The maximum atomic E-state index is 9.48. The standard InChI is InChI=1S/C18H21N3OS/c19-18-17-14(5-7-23-17)9-13-4-3-12(8-16(13)20-18)10-21-6-1-2-15(21)11-22/h3-5,7-8,15,22H,1-2,6,9-11H2,(H2,19,20)/t15-/m0/s1. The van der Waals surface area contributed by atoms with Crippen molar-refractivity contribution in [2.75, 3.05) is 13.2 Å². The van der Waals surface area contributed by atoms with Crippen LogP contribution >= 0.6 is 11.3 Å². The Kier molecular flexibility index (Phi) is 3.93. The number of hydrogen-bond acceptors (Lipinski definition) is 5. The number of aliphatic imine (C=N–C) groups is 1. The van der Waals surface area contributed by atoms with E-state index >= 15 is 0 Å². The molecule has 1 saturated heterocycles. The number of nitrogens with zero attached hydrogens (tertiary/aromatic N) is 2. The minimum absolute atomic E-state index is 0.246. The normalized spacial score (nSPS) is 20.7. The Labute approximate surface area is 140 Å². The van der Waals surface area contributed by atoms with Crippen molar-refractivity contribution in [2.24, 2.45) is 10.7 Å². The van der Waals surface area contributed by atoms with Crippen LogP contribution in [-0.2, 0) is 13.0 Å². The summed E-state index contributed by atoms with van der Waals surface area (Å²) in [7, 11) is 0. The van der Waals surface area contributed by atoms with Gasteiger partial charge in [0, 0.05) is 19.0 Å². The van der Waals surface area contributed by atoms with Gasteiger partial charge in [-0.2, -0.15) is 0 Å². The van der Waals surface area contributed by atoms with Gasteiger partial charge in [0.25, 0.3) is 0 Å². The van der Waals surface area contributed by atoms with Crippen LogP contribution in [-0.4, -0.2) is 35.0 Å². The van der Waals surface area contributed by atoms with Gasteiger partial charge in [-0.15, -0.1) is 11.3 Å². The molecular weight excluding hydrogens is 306 g/mol. The highest BCUT2D eigenvalue weighted by atomic mass is 32.1. The van der Waals surface area contributed by atoms with Crippen molar-refractivity contribution in [3.05, 3.63) is 51.2 Å². The lowest BCUT2D eigenvalue weighted by atomic mass is 10.0. The molecule has 23 heavy (non-hydrogen) atoms. The van der Waals surface area contributed by atoms with Crippen molar-refractivity contribution in [2.45, 2.75) is 31.8 Å². The molecule has 4 rings (SSSR count). The molecular formula is C18H21N3OS. The van der Waals surface area contributed by atoms with E-state index in [0.717, 1.165) is 36.5 Å². The maximum absolute atomic E-state index is 9.48. The van der Waals surface area contributed by atoms with E-state index in [9.17, 15) is 5.11 Å². The van der Waals surface area contributed by atoms with Crippen molar-refractivity contribution >= 4 is 22.9 Å². The molecule has 2 aliphatic rings. The maximum Gasteiger partial charge on any atom is 0.141 e. The van der Waals surface area contributed by atoms with Gasteiger partial charge in [-0.3, -0.25) is 4.90 Å². The van der Waals surface area contributed by atoms with Crippen molar-refractivity contribution in [1.82, 2.24) is 4.90 Å². The molecule has 2 aromatic rings. The van der Waals surface area contributed by atoms with Crippen LogP contribution in [0.25, 0.3) is 0 Å². The van der Waals surface area contributed by atoms with E-state index in [1.165, 1.54) is 23.1 Å². The summed E-state index contributed by atoms with van der Waals surface area (Å²) in [4.78, 5) is 8.13. The predicted molar refractivity (Wildman–Crippen MR) is 94.5 cm³/mol. The molecule has 0 amide bonds. The summed E-state index contributed by atoms with van der Waals surface area (Å²) in [5.41, 5.74) is 10.9. The van der Waals surface area contributed by atoms with E-state index in [4.69, 9.17) is 5.73 Å². The summed E-state index contributed by atoms with van der Waals surface area (Å²) in [5, 5.41) is 11.6. The van der Waals surface area contributed by atoms with Gasteiger partial charge >= 0.3 is 0 Å². The highest BCUT2D eigenvalue weighted by molar-refractivity contribution is 7.12. The van der Waals surface area contributed by atoms with E-state index in [-0.39, 0.29) is 6.61 Å². The number of rotatable bonds is 3. The first-order valence-corrected chi connectivity index (χ1v) is 9.00. The van der Waals surface area contributed by atoms with Crippen molar-refractivity contribution < 1.29 is 5.11 Å². The lowest BCUT2D eigenvalue weighted by molar-refractivity contribution is 0.153. The zero-order chi connectivity index (χ0) is 15.8. The van der Waals surface area contributed by atoms with Gasteiger partial charge in [0.2, 0.25) is 0 Å². The van der Waals surface area contributed by atoms with Gasteiger partial charge in [0.15, 0.2) is 0 Å². The smallest absolute Gasteiger partial charge is 0.141 e. The average Bonchev–Trinajstić information content (AvgIpc) is 3.16. The van der Waals surface area contributed by atoms with E-state index in [0.29, 0.717) is 11.9 Å². The number of likely N-dealkylation sites (tertiary alicyclic amines) is 1. The van der Waals surface area contributed by atoms with Gasteiger partial charge in [-0.05, 0) is 53.6 Å². The van der Waals surface area contributed by atoms with Gasteiger partial charge in [-0.25, -0.2) is 4.99 Å². The zero-order valence-electron chi connectivity index (χ0n) is 13.0. The van der Waals surface area contributed by atoms with Gasteiger partial charge in [0.05, 0.1) is 17.2 Å². The average molecular weight is 327 g/mol. The minimum atomic E-state index is 0.246. The van der Waals surface area contributed by atoms with E-state index in [1.54, 1.807) is 11.3 Å². The van der Waals surface area contributed by atoms with Gasteiger partial charge < -0.3 is 10.8 Å². The van der Waals surface area contributed by atoms with Crippen LogP contribution in [0.3, 0.4) is 0 Å². The van der Waals surface area contributed by atoms with Gasteiger partial charge in [-0.1, -0.05) is 12.1 Å². The highest BCUT2D eigenvalue weighted by Gasteiger charge is 2.24. The highest BCUT2D eigenvalue weighted by Crippen LogP contribution is 2.32. The largest absolute Gasteiger partial charge is 0.395 e. The second-order valence-electron chi connectivity index (χ2n) is 6.36. The summed E-state index contributed by atoms with van der Waals surface area (Å²) >= 11 is 1.66. The van der Waals surface area contributed by atoms with E-state index < -0.39 is 0 Å². The number of nitrogens with two attached hydrogens (primary N) is 1. The third-order valence-electron chi connectivity index (χ3n) is 4.85. The summed E-state index contributed by atoms with van der Waals surface area (Å²) in [6.45, 7) is 2.18. The molecule has 0 spiro atoms. The minimum Gasteiger partial charge on any atom is -0.395 e. The quantitative estimate of drug-likeness (QED) is 0.911. The lowest BCUT2D eigenvalue weighted by Crippen LogP contribution is -2.31. The molecule has 5 heteroatoms. The molecule has 1 atom stereocenters. The second-order valence-corrected chi connectivity index (χ2v) is 7.28. The Bertz CT molecular complexity index is 752. The molecule has 3 heterocycles. The molecule has 2 aliphatic heterocycles. The third-order valence-corrected chi connectivity index (χ3v) is 5.83. The van der Waals surface area contributed by atoms with Crippen LogP contribution in [0, 0.1) is 0 Å². The molecule has 1 aromatic heterocycles.